The van der Waals surface area contributed by atoms with E-state index in [9.17, 15) is 4.79 Å². The van der Waals surface area contributed by atoms with Crippen LogP contribution in [0.2, 0.25) is 0 Å². The maximum Gasteiger partial charge on any atom is 0.179 e. The number of rotatable bonds is 1. The van der Waals surface area contributed by atoms with Gasteiger partial charge < -0.3 is 0 Å². The molecular weight excluding hydrogens is 346 g/mol. The van der Waals surface area contributed by atoms with Crippen molar-refractivity contribution in [3.63, 3.8) is 0 Å². The Kier molecular flexibility index (Phi) is 3.74. The van der Waals surface area contributed by atoms with Gasteiger partial charge in [-0.25, -0.2) is 4.99 Å². The van der Waals surface area contributed by atoms with E-state index in [1.807, 2.05) is 25.1 Å². The van der Waals surface area contributed by atoms with E-state index in [0.29, 0.717) is 4.48 Å². The van der Waals surface area contributed by atoms with Crippen molar-refractivity contribution >= 4 is 49.0 Å². The highest BCUT2D eigenvalue weighted by Gasteiger charge is 2.09. The number of benzene rings is 1. The number of hydrogen-bond donors (Lipinski definition) is 0. The van der Waals surface area contributed by atoms with E-state index in [-0.39, 0.29) is 5.78 Å². The second-order valence-corrected chi connectivity index (χ2v) is 5.39. The van der Waals surface area contributed by atoms with Gasteiger partial charge >= 0.3 is 0 Å². The van der Waals surface area contributed by atoms with E-state index < -0.39 is 0 Å². The van der Waals surface area contributed by atoms with Gasteiger partial charge in [0.25, 0.3) is 0 Å². The molecule has 0 aromatic heterocycles. The van der Waals surface area contributed by atoms with Gasteiger partial charge in [-0.15, -0.1) is 0 Å². The standard InChI is InChI=1S/C13H9Br2NO/c1-8-2-4-12(10(14)6-8)16-13-5-3-9(17)7-11(13)15/h2-7H,1H3. The maximum atomic E-state index is 11.1. The summed E-state index contributed by atoms with van der Waals surface area (Å²) in [5.74, 6) is -0.0289. The minimum Gasteiger partial charge on any atom is -0.290 e. The van der Waals surface area contributed by atoms with Gasteiger partial charge in [0.05, 0.1) is 11.4 Å². The van der Waals surface area contributed by atoms with E-state index in [1.54, 1.807) is 6.08 Å². The highest BCUT2D eigenvalue weighted by molar-refractivity contribution is 9.12. The largest absolute Gasteiger partial charge is 0.290 e. The SMILES string of the molecule is Cc1ccc(N=C2C=CC(=O)C=C2Br)c(Br)c1. The van der Waals surface area contributed by atoms with Crippen molar-refractivity contribution < 1.29 is 4.79 Å². The van der Waals surface area contributed by atoms with Crippen LogP contribution in [0.3, 0.4) is 0 Å². The third-order valence-corrected chi connectivity index (χ3v) is 3.53. The molecule has 0 fully saturated rings. The summed E-state index contributed by atoms with van der Waals surface area (Å²) in [6.07, 6.45) is 4.73. The highest BCUT2D eigenvalue weighted by Crippen LogP contribution is 2.28. The summed E-state index contributed by atoms with van der Waals surface area (Å²) in [4.78, 5) is 15.6. The monoisotopic (exact) mass is 353 g/mol. The Morgan fingerprint density at radius 2 is 1.94 bits per heavy atom. The van der Waals surface area contributed by atoms with Crippen molar-refractivity contribution in [3.8, 4) is 0 Å². The van der Waals surface area contributed by atoms with E-state index in [2.05, 4.69) is 36.9 Å². The average Bonchev–Trinajstić information content (AvgIpc) is 2.25. The summed E-state index contributed by atoms with van der Waals surface area (Å²) in [7, 11) is 0. The van der Waals surface area contributed by atoms with Crippen molar-refractivity contribution in [2.24, 2.45) is 4.99 Å². The molecule has 1 aromatic carbocycles. The van der Waals surface area contributed by atoms with E-state index in [4.69, 9.17) is 0 Å². The van der Waals surface area contributed by atoms with Crippen LogP contribution in [0.4, 0.5) is 5.69 Å². The van der Waals surface area contributed by atoms with Crippen LogP contribution < -0.4 is 0 Å². The molecule has 86 valence electrons. The molecule has 1 aliphatic carbocycles. The minimum atomic E-state index is -0.0289. The maximum absolute atomic E-state index is 11.1. The summed E-state index contributed by atoms with van der Waals surface area (Å²) in [5.41, 5.74) is 2.76. The van der Waals surface area contributed by atoms with Gasteiger partial charge in [0.2, 0.25) is 0 Å². The molecule has 0 atom stereocenters. The summed E-state index contributed by atoms with van der Waals surface area (Å²) in [5, 5.41) is 0. The fraction of sp³-hybridized carbons (Fsp3) is 0.0769. The molecule has 0 N–H and O–H groups in total. The third-order valence-electron chi connectivity index (χ3n) is 2.26. The van der Waals surface area contributed by atoms with Crippen molar-refractivity contribution in [2.75, 3.05) is 0 Å². The number of hydrogen-bond acceptors (Lipinski definition) is 2. The fourth-order valence-electron chi connectivity index (χ4n) is 1.41. The second kappa shape index (κ2) is 5.10. The number of carbonyl (C=O) groups is 1. The smallest absolute Gasteiger partial charge is 0.179 e. The number of halogens is 2. The Morgan fingerprint density at radius 3 is 2.59 bits per heavy atom. The molecule has 4 heteroatoms. The number of allylic oxidation sites excluding steroid dienone is 4. The Hall–Kier alpha value is -1.000. The minimum absolute atomic E-state index is 0.0289. The van der Waals surface area contributed by atoms with Crippen molar-refractivity contribution in [1.29, 1.82) is 0 Å². The summed E-state index contributed by atoms with van der Waals surface area (Å²) in [6.45, 7) is 2.02. The number of aryl methyl sites for hydroxylation is 1. The molecule has 0 saturated heterocycles. The molecule has 0 heterocycles. The lowest BCUT2D eigenvalue weighted by molar-refractivity contribution is -0.110. The summed E-state index contributed by atoms with van der Waals surface area (Å²) < 4.78 is 1.65. The zero-order chi connectivity index (χ0) is 12.4. The number of nitrogens with zero attached hydrogens (tertiary/aromatic N) is 1. The number of carbonyl (C=O) groups excluding carboxylic acids is 1. The zero-order valence-corrected chi connectivity index (χ0v) is 12.2. The van der Waals surface area contributed by atoms with Crippen LogP contribution in [0, 0.1) is 6.92 Å². The van der Waals surface area contributed by atoms with E-state index in [0.717, 1.165) is 15.9 Å². The second-order valence-electron chi connectivity index (χ2n) is 3.68. The molecule has 0 amide bonds. The Bertz CT molecular complexity index is 571. The lowest BCUT2D eigenvalue weighted by Gasteiger charge is -2.06. The van der Waals surface area contributed by atoms with Crippen LogP contribution in [-0.2, 0) is 4.79 Å². The lowest BCUT2D eigenvalue weighted by Crippen LogP contribution is -2.03. The van der Waals surface area contributed by atoms with Crippen molar-refractivity contribution in [1.82, 2.24) is 0 Å². The molecule has 17 heavy (non-hydrogen) atoms. The van der Waals surface area contributed by atoms with Crippen LogP contribution in [-0.4, -0.2) is 11.5 Å². The fourth-order valence-corrected chi connectivity index (χ4v) is 2.44. The van der Waals surface area contributed by atoms with Gasteiger partial charge in [-0.1, -0.05) is 6.07 Å². The zero-order valence-electron chi connectivity index (χ0n) is 9.08. The van der Waals surface area contributed by atoms with Crippen LogP contribution in [0.1, 0.15) is 5.56 Å². The Labute approximate surface area is 116 Å². The van der Waals surface area contributed by atoms with Crippen LogP contribution in [0.25, 0.3) is 0 Å². The Balaban J connectivity index is 2.40. The first-order chi connectivity index (χ1) is 8.06. The van der Waals surface area contributed by atoms with Crippen LogP contribution >= 0.6 is 31.9 Å². The Morgan fingerprint density at radius 1 is 1.18 bits per heavy atom. The van der Waals surface area contributed by atoms with Gasteiger partial charge in [-0.2, -0.15) is 0 Å². The predicted octanol–water partition coefficient (Wildman–Crippen LogP) is 4.25. The number of ketones is 1. The summed E-state index contributed by atoms with van der Waals surface area (Å²) in [6, 6.07) is 5.95. The van der Waals surface area contributed by atoms with Gasteiger partial charge in [-0.3, -0.25) is 4.79 Å². The van der Waals surface area contributed by atoms with Crippen molar-refractivity contribution in [2.45, 2.75) is 6.92 Å². The molecule has 0 spiro atoms. The van der Waals surface area contributed by atoms with Crippen molar-refractivity contribution in [3.05, 3.63) is 50.9 Å². The molecule has 1 aliphatic rings. The van der Waals surface area contributed by atoms with Crippen LogP contribution in [0.15, 0.2) is 50.4 Å². The predicted molar refractivity (Wildman–Crippen MR) is 77.1 cm³/mol. The quantitative estimate of drug-likeness (QED) is 0.693. The molecule has 2 nitrogen and oxygen atoms in total. The first-order valence-electron chi connectivity index (χ1n) is 5.01. The topological polar surface area (TPSA) is 29.4 Å². The lowest BCUT2D eigenvalue weighted by atomic mass is 10.1. The third kappa shape index (κ3) is 3.01. The molecular formula is C13H9Br2NO. The molecule has 0 radical (unpaired) electrons. The van der Waals surface area contributed by atoms with E-state index in [1.165, 1.54) is 17.7 Å². The normalized spacial score (nSPS) is 17.5. The molecule has 0 unspecified atom stereocenters. The number of aliphatic imine (C=N–C) groups is 1. The average molecular weight is 355 g/mol. The molecule has 0 saturated carbocycles. The molecule has 0 bridgehead atoms. The van der Waals surface area contributed by atoms with Gasteiger partial charge in [-0.05, 0) is 68.6 Å². The van der Waals surface area contributed by atoms with Gasteiger partial charge in [0.1, 0.15) is 0 Å². The highest BCUT2D eigenvalue weighted by atomic mass is 79.9. The molecule has 2 rings (SSSR count). The molecule has 1 aromatic rings. The first kappa shape index (κ1) is 12.5. The van der Waals surface area contributed by atoms with Gasteiger partial charge in [0.15, 0.2) is 5.78 Å². The van der Waals surface area contributed by atoms with E-state index >= 15 is 0 Å². The summed E-state index contributed by atoms with van der Waals surface area (Å²) >= 11 is 6.81. The molecule has 0 aliphatic heterocycles. The first-order valence-corrected chi connectivity index (χ1v) is 6.59. The van der Waals surface area contributed by atoms with Crippen LogP contribution in [0.5, 0.6) is 0 Å². The van der Waals surface area contributed by atoms with Gasteiger partial charge in [0, 0.05) is 15.0 Å².